The second-order valence-electron chi connectivity index (χ2n) is 6.82. The first-order valence-electron chi connectivity index (χ1n) is 9.25. The van der Waals surface area contributed by atoms with Crippen LogP contribution in [0.15, 0.2) is 17.4 Å². The molecule has 1 aliphatic heterocycles. The lowest BCUT2D eigenvalue weighted by Crippen LogP contribution is -2.40. The molecule has 2 rings (SSSR count). The smallest absolute Gasteiger partial charge is 0.194 e. The van der Waals surface area contributed by atoms with Gasteiger partial charge in [-0.25, -0.2) is 9.98 Å². The summed E-state index contributed by atoms with van der Waals surface area (Å²) in [5.74, 6) is 3.24. The average molecular weight is 463 g/mol. The zero-order chi connectivity index (χ0) is 17.4. The molecule has 7 heteroatoms. The Morgan fingerprint density at radius 3 is 2.92 bits per heavy atom. The number of guanidine groups is 1. The first-order valence-corrected chi connectivity index (χ1v) is 9.25. The molecule has 1 aliphatic rings. The van der Waals surface area contributed by atoms with Crippen molar-refractivity contribution < 1.29 is 4.74 Å². The number of nitrogens with zero attached hydrogens (tertiary/aromatic N) is 4. The lowest BCUT2D eigenvalue weighted by Gasteiger charge is -2.21. The molecular weight excluding hydrogens is 429 g/mol. The van der Waals surface area contributed by atoms with Gasteiger partial charge in [-0.15, -0.1) is 24.0 Å². The third-order valence-corrected chi connectivity index (χ3v) is 4.21. The number of halogens is 1. The summed E-state index contributed by atoms with van der Waals surface area (Å²) in [5, 5.41) is 3.42. The van der Waals surface area contributed by atoms with Crippen LogP contribution in [0.2, 0.25) is 0 Å². The number of nitrogens with one attached hydrogen (secondary N) is 1. The van der Waals surface area contributed by atoms with Gasteiger partial charge in [-0.05, 0) is 26.2 Å². The molecular formula is C18H34IN5O. The molecule has 0 spiro atoms. The fourth-order valence-corrected chi connectivity index (χ4v) is 3.07. The average Bonchev–Trinajstić information content (AvgIpc) is 3.18. The summed E-state index contributed by atoms with van der Waals surface area (Å²) in [4.78, 5) is 11.7. The largest absolute Gasteiger partial charge is 0.381 e. The highest BCUT2D eigenvalue weighted by atomic mass is 127. The van der Waals surface area contributed by atoms with Crippen LogP contribution in [0, 0.1) is 11.8 Å². The van der Waals surface area contributed by atoms with E-state index >= 15 is 0 Å². The van der Waals surface area contributed by atoms with E-state index in [-0.39, 0.29) is 24.0 Å². The van der Waals surface area contributed by atoms with E-state index in [1.165, 1.54) is 6.42 Å². The number of likely N-dealkylation sites (tertiary alicyclic amines) is 1. The summed E-state index contributed by atoms with van der Waals surface area (Å²) < 4.78 is 7.78. The minimum Gasteiger partial charge on any atom is -0.381 e. The van der Waals surface area contributed by atoms with Crippen molar-refractivity contribution in [3.8, 4) is 0 Å². The van der Waals surface area contributed by atoms with E-state index in [0.717, 1.165) is 51.2 Å². The van der Waals surface area contributed by atoms with Crippen LogP contribution in [0.4, 0.5) is 0 Å². The molecule has 1 fully saturated rings. The Labute approximate surface area is 169 Å². The van der Waals surface area contributed by atoms with Gasteiger partial charge in [0.15, 0.2) is 5.96 Å². The highest BCUT2D eigenvalue weighted by Gasteiger charge is 2.24. The lowest BCUT2D eigenvalue weighted by molar-refractivity contribution is 0.114. The second-order valence-corrected chi connectivity index (χ2v) is 6.82. The first kappa shape index (κ1) is 22.2. The van der Waals surface area contributed by atoms with E-state index in [4.69, 9.17) is 9.73 Å². The Kier molecular flexibility index (Phi) is 10.4. The molecule has 0 bridgehead atoms. The van der Waals surface area contributed by atoms with Crippen molar-refractivity contribution in [1.29, 1.82) is 0 Å². The van der Waals surface area contributed by atoms with Crippen molar-refractivity contribution in [3.05, 3.63) is 18.2 Å². The molecule has 0 radical (unpaired) electrons. The molecule has 0 amide bonds. The van der Waals surface area contributed by atoms with Crippen LogP contribution in [0.3, 0.4) is 0 Å². The fourth-order valence-electron chi connectivity index (χ4n) is 3.07. The van der Waals surface area contributed by atoms with Gasteiger partial charge < -0.3 is 19.5 Å². The molecule has 0 aliphatic carbocycles. The van der Waals surface area contributed by atoms with Gasteiger partial charge in [0.1, 0.15) is 12.4 Å². The molecule has 25 heavy (non-hydrogen) atoms. The maximum absolute atomic E-state index is 5.58. The van der Waals surface area contributed by atoms with E-state index in [9.17, 15) is 0 Å². The Morgan fingerprint density at radius 1 is 1.44 bits per heavy atom. The molecule has 2 heterocycles. The van der Waals surface area contributed by atoms with Crippen LogP contribution < -0.4 is 5.32 Å². The van der Waals surface area contributed by atoms with Crippen LogP contribution in [0.5, 0.6) is 0 Å². The SMILES string of the molecule is CCNC(=NCc1nccn1CC(C)C)N1CCC(COCC)C1.I. The second kappa shape index (κ2) is 11.7. The Balaban J connectivity index is 0.00000312. The summed E-state index contributed by atoms with van der Waals surface area (Å²) in [6.07, 6.45) is 5.09. The fraction of sp³-hybridized carbons (Fsp3) is 0.778. The van der Waals surface area contributed by atoms with Gasteiger partial charge in [0.05, 0.1) is 6.61 Å². The van der Waals surface area contributed by atoms with Gasteiger partial charge in [0.25, 0.3) is 0 Å². The summed E-state index contributed by atoms with van der Waals surface area (Å²) in [7, 11) is 0. The number of imidazole rings is 1. The third kappa shape index (κ3) is 7.13. The summed E-state index contributed by atoms with van der Waals surface area (Å²) in [6.45, 7) is 14.8. The predicted octanol–water partition coefficient (Wildman–Crippen LogP) is 2.98. The zero-order valence-corrected chi connectivity index (χ0v) is 18.4. The number of aromatic nitrogens is 2. The highest BCUT2D eigenvalue weighted by molar-refractivity contribution is 14.0. The van der Waals surface area contributed by atoms with Gasteiger partial charge >= 0.3 is 0 Å². The van der Waals surface area contributed by atoms with Crippen LogP contribution in [-0.2, 0) is 17.8 Å². The normalized spacial score (nSPS) is 17.9. The van der Waals surface area contributed by atoms with E-state index in [2.05, 4.69) is 47.5 Å². The van der Waals surface area contributed by atoms with Crippen molar-refractivity contribution in [2.75, 3.05) is 32.8 Å². The molecule has 1 unspecified atom stereocenters. The zero-order valence-electron chi connectivity index (χ0n) is 16.1. The lowest BCUT2D eigenvalue weighted by atomic mass is 10.1. The van der Waals surface area contributed by atoms with E-state index < -0.39 is 0 Å². The first-order chi connectivity index (χ1) is 11.6. The van der Waals surface area contributed by atoms with Crippen molar-refractivity contribution in [2.45, 2.75) is 47.2 Å². The van der Waals surface area contributed by atoms with Crippen molar-refractivity contribution >= 4 is 29.9 Å². The minimum absolute atomic E-state index is 0. The maximum atomic E-state index is 5.58. The number of ether oxygens (including phenoxy) is 1. The van der Waals surface area contributed by atoms with E-state index in [0.29, 0.717) is 18.4 Å². The van der Waals surface area contributed by atoms with Crippen LogP contribution >= 0.6 is 24.0 Å². The number of hydrogen-bond acceptors (Lipinski definition) is 3. The monoisotopic (exact) mass is 463 g/mol. The highest BCUT2D eigenvalue weighted by Crippen LogP contribution is 2.17. The molecule has 0 aromatic carbocycles. The summed E-state index contributed by atoms with van der Waals surface area (Å²) in [5.41, 5.74) is 0. The topological polar surface area (TPSA) is 54.7 Å². The third-order valence-electron chi connectivity index (χ3n) is 4.21. The van der Waals surface area contributed by atoms with Gasteiger partial charge in [-0.3, -0.25) is 0 Å². The predicted molar refractivity (Wildman–Crippen MR) is 113 cm³/mol. The Hall–Kier alpha value is -0.830. The van der Waals surface area contributed by atoms with Crippen LogP contribution in [-0.4, -0.2) is 53.3 Å². The van der Waals surface area contributed by atoms with Gasteiger partial charge in [-0.2, -0.15) is 0 Å². The molecule has 1 aromatic heterocycles. The van der Waals surface area contributed by atoms with Crippen molar-refractivity contribution in [3.63, 3.8) is 0 Å². The number of aliphatic imine (C=N–C) groups is 1. The number of rotatable bonds is 8. The standard InChI is InChI=1S/C18H33N5O.HI/c1-5-19-18(23-9-7-16(13-23)14-24-6-2)21-11-17-20-8-10-22(17)12-15(3)4;/h8,10,15-16H,5-7,9,11-14H2,1-4H3,(H,19,21);1H. The molecule has 1 saturated heterocycles. The Morgan fingerprint density at radius 2 is 2.24 bits per heavy atom. The molecule has 1 N–H and O–H groups in total. The van der Waals surface area contributed by atoms with Crippen molar-refractivity contribution in [2.24, 2.45) is 16.8 Å². The van der Waals surface area contributed by atoms with Gasteiger partial charge in [0.2, 0.25) is 0 Å². The van der Waals surface area contributed by atoms with Crippen LogP contribution in [0.25, 0.3) is 0 Å². The Bertz CT molecular complexity index is 517. The van der Waals surface area contributed by atoms with Crippen LogP contribution in [0.1, 0.15) is 39.9 Å². The van der Waals surface area contributed by atoms with Crippen molar-refractivity contribution in [1.82, 2.24) is 19.8 Å². The van der Waals surface area contributed by atoms with Gasteiger partial charge in [0, 0.05) is 51.1 Å². The van der Waals surface area contributed by atoms with E-state index in [1.807, 2.05) is 12.4 Å². The number of hydrogen-bond donors (Lipinski definition) is 1. The maximum Gasteiger partial charge on any atom is 0.194 e. The minimum atomic E-state index is 0. The molecule has 6 nitrogen and oxygen atoms in total. The summed E-state index contributed by atoms with van der Waals surface area (Å²) in [6, 6.07) is 0. The molecule has 144 valence electrons. The molecule has 1 aromatic rings. The molecule has 0 saturated carbocycles. The van der Waals surface area contributed by atoms with E-state index in [1.54, 1.807) is 0 Å². The molecule has 1 atom stereocenters. The quantitative estimate of drug-likeness (QED) is 0.366. The summed E-state index contributed by atoms with van der Waals surface area (Å²) >= 11 is 0. The van der Waals surface area contributed by atoms with Gasteiger partial charge in [-0.1, -0.05) is 13.8 Å².